The average Bonchev–Trinajstić information content (AvgIpc) is 2.91. The molecule has 1 aromatic heterocycles. The van der Waals surface area contributed by atoms with Crippen molar-refractivity contribution in [2.75, 3.05) is 27.0 Å². The zero-order valence-corrected chi connectivity index (χ0v) is 14.5. The lowest BCUT2D eigenvalue weighted by atomic mass is 10.3. The van der Waals surface area contributed by atoms with E-state index < -0.39 is 0 Å². The number of nitrogens with zero attached hydrogens (tertiary/aromatic N) is 4. The summed E-state index contributed by atoms with van der Waals surface area (Å²) in [6, 6.07) is 7.37. The summed E-state index contributed by atoms with van der Waals surface area (Å²) in [5.74, 6) is 2.48. The van der Waals surface area contributed by atoms with E-state index in [1.54, 1.807) is 26.1 Å². The van der Waals surface area contributed by atoms with Crippen LogP contribution in [0.25, 0.3) is 0 Å². The molecular weight excluding hydrogens is 316 g/mol. The topological polar surface area (TPSA) is 69.5 Å². The van der Waals surface area contributed by atoms with E-state index in [1.165, 1.54) is 11.8 Å². The van der Waals surface area contributed by atoms with Gasteiger partial charge in [0.2, 0.25) is 5.91 Å². The van der Waals surface area contributed by atoms with E-state index in [1.807, 2.05) is 35.9 Å². The SMILES string of the molecule is COc1cccc(OCc2nnc(SCC(=O)N(C)C)n2C)c1. The number of rotatable bonds is 7. The van der Waals surface area contributed by atoms with Gasteiger partial charge in [-0.05, 0) is 12.1 Å². The molecular formula is C15H20N4O3S. The molecule has 0 fully saturated rings. The number of hydrogen-bond donors (Lipinski definition) is 0. The Morgan fingerprint density at radius 3 is 2.74 bits per heavy atom. The first kappa shape index (κ1) is 17.1. The van der Waals surface area contributed by atoms with Crippen LogP contribution in [0.5, 0.6) is 11.5 Å². The van der Waals surface area contributed by atoms with Gasteiger partial charge in [-0.2, -0.15) is 0 Å². The first-order valence-corrected chi connectivity index (χ1v) is 7.98. The maximum absolute atomic E-state index is 11.6. The Morgan fingerprint density at radius 1 is 1.30 bits per heavy atom. The molecule has 1 aromatic carbocycles. The normalized spacial score (nSPS) is 10.4. The van der Waals surface area contributed by atoms with Crippen molar-refractivity contribution in [1.82, 2.24) is 19.7 Å². The third-order valence-electron chi connectivity index (χ3n) is 3.16. The monoisotopic (exact) mass is 336 g/mol. The van der Waals surface area contributed by atoms with Gasteiger partial charge in [-0.1, -0.05) is 17.8 Å². The van der Waals surface area contributed by atoms with Crippen LogP contribution in [0.2, 0.25) is 0 Å². The first-order chi connectivity index (χ1) is 11.0. The smallest absolute Gasteiger partial charge is 0.232 e. The van der Waals surface area contributed by atoms with Crippen molar-refractivity contribution in [3.05, 3.63) is 30.1 Å². The van der Waals surface area contributed by atoms with Gasteiger partial charge in [-0.3, -0.25) is 4.79 Å². The Morgan fingerprint density at radius 2 is 2.04 bits per heavy atom. The minimum Gasteiger partial charge on any atom is -0.497 e. The van der Waals surface area contributed by atoms with Gasteiger partial charge >= 0.3 is 0 Å². The Bertz CT molecular complexity index is 672. The van der Waals surface area contributed by atoms with Crippen LogP contribution in [-0.4, -0.2) is 52.5 Å². The number of carbonyl (C=O) groups is 1. The molecule has 0 atom stereocenters. The van der Waals surface area contributed by atoms with Crippen LogP contribution in [0, 0.1) is 0 Å². The summed E-state index contributed by atoms with van der Waals surface area (Å²) in [5, 5.41) is 8.89. The van der Waals surface area contributed by atoms with Crippen molar-refractivity contribution in [2.24, 2.45) is 7.05 Å². The molecule has 0 bridgehead atoms. The number of methoxy groups -OCH3 is 1. The molecule has 2 rings (SSSR count). The molecule has 8 heteroatoms. The number of ether oxygens (including phenoxy) is 2. The zero-order chi connectivity index (χ0) is 16.8. The lowest BCUT2D eigenvalue weighted by molar-refractivity contribution is -0.125. The standard InChI is InChI=1S/C15H20N4O3S/c1-18(2)14(20)10-23-15-17-16-13(19(15)3)9-22-12-7-5-6-11(8-12)21-4/h5-8H,9-10H2,1-4H3. The molecule has 0 aliphatic rings. The molecule has 0 aliphatic heterocycles. The predicted molar refractivity (Wildman–Crippen MR) is 87.7 cm³/mol. The predicted octanol–water partition coefficient (Wildman–Crippen LogP) is 1.58. The minimum absolute atomic E-state index is 0.0344. The maximum Gasteiger partial charge on any atom is 0.232 e. The fourth-order valence-electron chi connectivity index (χ4n) is 1.69. The summed E-state index contributed by atoms with van der Waals surface area (Å²) in [7, 11) is 6.92. The second-order valence-electron chi connectivity index (χ2n) is 5.00. The van der Waals surface area contributed by atoms with Crippen molar-refractivity contribution >= 4 is 17.7 Å². The van der Waals surface area contributed by atoms with E-state index in [9.17, 15) is 4.79 Å². The zero-order valence-electron chi connectivity index (χ0n) is 13.6. The van der Waals surface area contributed by atoms with Crippen LogP contribution in [0.1, 0.15) is 5.82 Å². The van der Waals surface area contributed by atoms with Crippen molar-refractivity contribution in [3.8, 4) is 11.5 Å². The van der Waals surface area contributed by atoms with Crippen molar-refractivity contribution in [2.45, 2.75) is 11.8 Å². The van der Waals surface area contributed by atoms with Crippen molar-refractivity contribution in [1.29, 1.82) is 0 Å². The van der Waals surface area contributed by atoms with Gasteiger partial charge in [0.15, 0.2) is 11.0 Å². The second-order valence-corrected chi connectivity index (χ2v) is 5.94. The second kappa shape index (κ2) is 7.87. The molecule has 0 radical (unpaired) electrons. The molecule has 0 N–H and O–H groups in total. The summed E-state index contributed by atoms with van der Waals surface area (Å²) in [6.45, 7) is 0.291. The highest BCUT2D eigenvalue weighted by Crippen LogP contribution is 2.21. The minimum atomic E-state index is 0.0344. The maximum atomic E-state index is 11.6. The third kappa shape index (κ3) is 4.62. The molecule has 0 unspecified atom stereocenters. The summed E-state index contributed by atoms with van der Waals surface area (Å²) >= 11 is 1.35. The molecule has 0 aliphatic carbocycles. The van der Waals surface area contributed by atoms with Crippen LogP contribution in [-0.2, 0) is 18.4 Å². The van der Waals surface area contributed by atoms with E-state index in [2.05, 4.69) is 10.2 Å². The molecule has 0 saturated carbocycles. The van der Waals surface area contributed by atoms with Gasteiger partial charge in [-0.15, -0.1) is 10.2 Å². The number of aromatic nitrogens is 3. The van der Waals surface area contributed by atoms with Gasteiger partial charge in [0.05, 0.1) is 12.9 Å². The van der Waals surface area contributed by atoms with E-state index in [0.29, 0.717) is 29.1 Å². The Labute approximate surface area is 139 Å². The van der Waals surface area contributed by atoms with Crippen LogP contribution >= 0.6 is 11.8 Å². The van der Waals surface area contributed by atoms with Crippen LogP contribution in [0.15, 0.2) is 29.4 Å². The highest BCUT2D eigenvalue weighted by molar-refractivity contribution is 7.99. The third-order valence-corrected chi connectivity index (χ3v) is 4.16. The fourth-order valence-corrected chi connectivity index (χ4v) is 2.60. The van der Waals surface area contributed by atoms with Gasteiger partial charge < -0.3 is 18.9 Å². The summed E-state index contributed by atoms with van der Waals surface area (Å²) in [6.07, 6.45) is 0. The van der Waals surface area contributed by atoms with Crippen molar-refractivity contribution in [3.63, 3.8) is 0 Å². The Balaban J connectivity index is 1.95. The average molecular weight is 336 g/mol. The number of benzene rings is 1. The van der Waals surface area contributed by atoms with Gasteiger partial charge in [-0.25, -0.2) is 0 Å². The van der Waals surface area contributed by atoms with E-state index >= 15 is 0 Å². The summed E-state index contributed by atoms with van der Waals surface area (Å²) < 4.78 is 12.7. The van der Waals surface area contributed by atoms with Crippen molar-refractivity contribution < 1.29 is 14.3 Å². The summed E-state index contributed by atoms with van der Waals surface area (Å²) in [4.78, 5) is 13.2. The van der Waals surface area contributed by atoms with Gasteiger partial charge in [0, 0.05) is 27.2 Å². The molecule has 23 heavy (non-hydrogen) atoms. The van der Waals surface area contributed by atoms with Crippen LogP contribution in [0.3, 0.4) is 0 Å². The lowest BCUT2D eigenvalue weighted by Gasteiger charge is -2.09. The van der Waals surface area contributed by atoms with E-state index in [0.717, 1.165) is 5.75 Å². The highest BCUT2D eigenvalue weighted by Gasteiger charge is 2.12. The van der Waals surface area contributed by atoms with E-state index in [-0.39, 0.29) is 5.91 Å². The highest BCUT2D eigenvalue weighted by atomic mass is 32.2. The van der Waals surface area contributed by atoms with E-state index in [4.69, 9.17) is 9.47 Å². The fraction of sp³-hybridized carbons (Fsp3) is 0.400. The first-order valence-electron chi connectivity index (χ1n) is 6.99. The lowest BCUT2D eigenvalue weighted by Crippen LogP contribution is -2.23. The molecule has 1 amide bonds. The largest absolute Gasteiger partial charge is 0.497 e. The van der Waals surface area contributed by atoms with Gasteiger partial charge in [0.1, 0.15) is 18.1 Å². The quantitative estimate of drug-likeness (QED) is 0.715. The molecule has 2 aromatic rings. The van der Waals surface area contributed by atoms with Crippen LogP contribution in [0.4, 0.5) is 0 Å². The van der Waals surface area contributed by atoms with Gasteiger partial charge in [0.25, 0.3) is 0 Å². The Kier molecular flexibility index (Phi) is 5.86. The molecule has 7 nitrogen and oxygen atoms in total. The Hall–Kier alpha value is -2.22. The number of thioether (sulfide) groups is 1. The number of hydrogen-bond acceptors (Lipinski definition) is 6. The summed E-state index contributed by atoms with van der Waals surface area (Å²) in [5.41, 5.74) is 0. The number of amides is 1. The number of carbonyl (C=O) groups excluding carboxylic acids is 1. The molecule has 124 valence electrons. The molecule has 0 saturated heterocycles. The van der Waals surface area contributed by atoms with Crippen LogP contribution < -0.4 is 9.47 Å². The molecule has 0 spiro atoms. The molecule has 1 heterocycles.